The zero-order valence-electron chi connectivity index (χ0n) is 21.7. The maximum Gasteiger partial charge on any atom is 0.573 e. The van der Waals surface area contributed by atoms with Crippen LogP contribution >= 0.6 is 0 Å². The van der Waals surface area contributed by atoms with Crippen LogP contribution in [0.2, 0.25) is 0 Å². The molecule has 6 aromatic rings. The fraction of sp³-hybridized carbons (Fsp3) is 0.103. The van der Waals surface area contributed by atoms with Crippen LogP contribution < -0.4 is 20.1 Å². The summed E-state index contributed by atoms with van der Waals surface area (Å²) in [5.74, 6) is -0.627. The van der Waals surface area contributed by atoms with Gasteiger partial charge in [0.25, 0.3) is 0 Å². The highest BCUT2D eigenvalue weighted by atomic mass is 19.4. The van der Waals surface area contributed by atoms with E-state index in [0.717, 1.165) is 29.0 Å². The van der Waals surface area contributed by atoms with Crippen LogP contribution in [-0.2, 0) is 0 Å². The standard InChI is InChI=1S/C29H20F6N6O2/c30-28(31,32)42-20-14-18(13-19(15-20)38-23-7-5-16-9-11-36-26(16)40-23)25(21-3-1-2-4-22(21)43-29(33,34)35)39-24-8-6-17-10-12-37-27(17)41-24/h1-15,25H,(H2,36,38,40)(H2,37,39,41). The van der Waals surface area contributed by atoms with E-state index >= 15 is 0 Å². The predicted octanol–water partition coefficient (Wildman–Crippen LogP) is 8.18. The Bertz CT molecular complexity index is 1900. The number of alkyl halides is 6. The number of rotatable bonds is 8. The van der Waals surface area contributed by atoms with Gasteiger partial charge >= 0.3 is 12.7 Å². The minimum Gasteiger partial charge on any atom is -0.406 e. The Morgan fingerprint density at radius 2 is 1.30 bits per heavy atom. The van der Waals surface area contributed by atoms with Gasteiger partial charge in [-0.3, -0.25) is 0 Å². The molecule has 0 radical (unpaired) electrons. The number of aromatic nitrogens is 4. The highest BCUT2D eigenvalue weighted by molar-refractivity contribution is 5.79. The largest absolute Gasteiger partial charge is 0.573 e. The molecule has 0 aliphatic heterocycles. The normalized spacial score (nSPS) is 12.8. The zero-order chi connectivity index (χ0) is 30.2. The average Bonchev–Trinajstić information content (AvgIpc) is 3.59. The van der Waals surface area contributed by atoms with E-state index in [1.54, 1.807) is 48.8 Å². The number of nitrogens with one attached hydrogen (secondary N) is 4. The van der Waals surface area contributed by atoms with Crippen LogP contribution in [-0.4, -0.2) is 32.7 Å². The number of anilines is 3. The molecule has 220 valence electrons. The van der Waals surface area contributed by atoms with E-state index in [9.17, 15) is 26.3 Å². The van der Waals surface area contributed by atoms with E-state index < -0.39 is 30.3 Å². The first kappa shape index (κ1) is 27.8. The Kier molecular flexibility index (Phi) is 6.96. The van der Waals surface area contributed by atoms with E-state index in [1.165, 1.54) is 24.3 Å². The van der Waals surface area contributed by atoms with Crippen molar-refractivity contribution in [3.05, 3.63) is 102 Å². The first-order valence-corrected chi connectivity index (χ1v) is 12.7. The molecule has 0 aliphatic rings. The lowest BCUT2D eigenvalue weighted by molar-refractivity contribution is -0.275. The van der Waals surface area contributed by atoms with Gasteiger partial charge < -0.3 is 30.1 Å². The number of hydrogen-bond acceptors (Lipinski definition) is 6. The summed E-state index contributed by atoms with van der Waals surface area (Å²) in [4.78, 5) is 14.8. The van der Waals surface area contributed by atoms with Crippen molar-refractivity contribution in [3.63, 3.8) is 0 Å². The van der Waals surface area contributed by atoms with Crippen LogP contribution in [0, 0.1) is 0 Å². The summed E-state index contributed by atoms with van der Waals surface area (Å²) in [6.07, 6.45) is -6.72. The lowest BCUT2D eigenvalue weighted by Gasteiger charge is -2.25. The first-order chi connectivity index (χ1) is 20.5. The van der Waals surface area contributed by atoms with Crippen molar-refractivity contribution in [2.75, 3.05) is 10.6 Å². The number of aromatic amines is 2. The van der Waals surface area contributed by atoms with Gasteiger partial charge in [-0.1, -0.05) is 18.2 Å². The van der Waals surface area contributed by atoms with Crippen LogP contribution in [0.5, 0.6) is 11.5 Å². The summed E-state index contributed by atoms with van der Waals surface area (Å²) in [5, 5.41) is 7.61. The quantitative estimate of drug-likeness (QED) is 0.132. The Hall–Kier alpha value is -5.40. The van der Waals surface area contributed by atoms with Gasteiger partial charge in [0.2, 0.25) is 0 Å². The smallest absolute Gasteiger partial charge is 0.406 e. The van der Waals surface area contributed by atoms with Crippen molar-refractivity contribution < 1.29 is 35.8 Å². The SMILES string of the molecule is FC(F)(F)Oc1cc(Nc2ccc3cc[nH]c3n2)cc(C(Nc2ccc3cc[nH]c3n2)c2ccccc2OC(F)(F)F)c1. The molecule has 0 saturated heterocycles. The van der Waals surface area contributed by atoms with Gasteiger partial charge in [0, 0.05) is 40.5 Å². The van der Waals surface area contributed by atoms with Crippen LogP contribution in [0.1, 0.15) is 17.2 Å². The van der Waals surface area contributed by atoms with Crippen LogP contribution in [0.4, 0.5) is 43.7 Å². The van der Waals surface area contributed by atoms with Crippen molar-refractivity contribution >= 4 is 39.4 Å². The van der Waals surface area contributed by atoms with Crippen molar-refractivity contribution in [2.45, 2.75) is 18.8 Å². The van der Waals surface area contributed by atoms with Crippen LogP contribution in [0.3, 0.4) is 0 Å². The van der Waals surface area contributed by atoms with Gasteiger partial charge in [0.1, 0.15) is 34.4 Å². The Balaban J connectivity index is 1.47. The molecule has 0 spiro atoms. The Labute approximate surface area is 238 Å². The van der Waals surface area contributed by atoms with Gasteiger partial charge in [-0.2, -0.15) is 0 Å². The third-order valence-corrected chi connectivity index (χ3v) is 6.33. The van der Waals surface area contributed by atoms with Gasteiger partial charge in [0.15, 0.2) is 0 Å². The van der Waals surface area contributed by atoms with E-state index in [-0.39, 0.29) is 22.6 Å². The van der Waals surface area contributed by atoms with E-state index in [2.05, 4.69) is 40.0 Å². The predicted molar refractivity (Wildman–Crippen MR) is 147 cm³/mol. The Morgan fingerprint density at radius 1 is 0.674 bits per heavy atom. The molecule has 6 rings (SSSR count). The maximum absolute atomic E-state index is 13.4. The fourth-order valence-corrected chi connectivity index (χ4v) is 4.64. The molecule has 0 aliphatic carbocycles. The summed E-state index contributed by atoms with van der Waals surface area (Å²) < 4.78 is 88.8. The molecule has 4 aromatic heterocycles. The molecule has 4 heterocycles. The number of fused-ring (bicyclic) bond motifs is 2. The van der Waals surface area contributed by atoms with Crippen molar-refractivity contribution in [1.82, 2.24) is 19.9 Å². The van der Waals surface area contributed by atoms with Crippen LogP contribution in [0.25, 0.3) is 22.1 Å². The molecule has 0 amide bonds. The molecule has 8 nitrogen and oxygen atoms in total. The van der Waals surface area contributed by atoms with Gasteiger partial charge in [-0.15, -0.1) is 26.3 Å². The average molecular weight is 599 g/mol. The molecule has 4 N–H and O–H groups in total. The third-order valence-electron chi connectivity index (χ3n) is 6.33. The number of pyridine rings is 2. The number of para-hydroxylation sites is 1. The van der Waals surface area contributed by atoms with Crippen molar-refractivity contribution in [1.29, 1.82) is 0 Å². The number of ether oxygens (including phenoxy) is 2. The molecule has 1 unspecified atom stereocenters. The lowest BCUT2D eigenvalue weighted by Crippen LogP contribution is -2.21. The highest BCUT2D eigenvalue weighted by Gasteiger charge is 2.34. The van der Waals surface area contributed by atoms with Crippen LogP contribution in [0.15, 0.2) is 91.3 Å². The van der Waals surface area contributed by atoms with Gasteiger partial charge in [0.05, 0.1) is 6.04 Å². The topological polar surface area (TPSA) is 99.9 Å². The lowest BCUT2D eigenvalue weighted by atomic mass is 9.96. The Morgan fingerprint density at radius 3 is 1.98 bits per heavy atom. The van der Waals surface area contributed by atoms with Gasteiger partial charge in [-0.25, -0.2) is 9.97 Å². The molecule has 0 saturated carbocycles. The molecule has 1 atom stereocenters. The second kappa shape index (κ2) is 10.8. The summed E-state index contributed by atoms with van der Waals surface area (Å²) >= 11 is 0. The molecule has 0 fully saturated rings. The second-order valence-electron chi connectivity index (χ2n) is 9.35. The van der Waals surface area contributed by atoms with E-state index in [4.69, 9.17) is 0 Å². The molecule has 2 aromatic carbocycles. The number of nitrogens with zero attached hydrogens (tertiary/aromatic N) is 2. The van der Waals surface area contributed by atoms with Crippen molar-refractivity contribution in [3.8, 4) is 11.5 Å². The molecule has 43 heavy (non-hydrogen) atoms. The molecule has 0 bridgehead atoms. The number of benzene rings is 2. The minimum absolute atomic E-state index is 0.0192. The summed E-state index contributed by atoms with van der Waals surface area (Å²) in [5.41, 5.74) is 1.25. The summed E-state index contributed by atoms with van der Waals surface area (Å²) in [6, 6.07) is 18.1. The summed E-state index contributed by atoms with van der Waals surface area (Å²) in [7, 11) is 0. The monoisotopic (exact) mass is 598 g/mol. The number of halogens is 6. The number of hydrogen-bond donors (Lipinski definition) is 4. The second-order valence-corrected chi connectivity index (χ2v) is 9.35. The minimum atomic E-state index is -5.04. The van der Waals surface area contributed by atoms with Gasteiger partial charge in [-0.05, 0) is 60.2 Å². The third kappa shape index (κ3) is 6.58. The number of H-pyrrole nitrogens is 2. The zero-order valence-corrected chi connectivity index (χ0v) is 21.7. The van der Waals surface area contributed by atoms with Crippen molar-refractivity contribution in [2.24, 2.45) is 0 Å². The summed E-state index contributed by atoms with van der Waals surface area (Å²) in [6.45, 7) is 0. The molecular weight excluding hydrogens is 578 g/mol. The highest BCUT2D eigenvalue weighted by Crippen LogP contribution is 2.39. The molecule has 14 heteroatoms. The first-order valence-electron chi connectivity index (χ1n) is 12.7. The van der Waals surface area contributed by atoms with E-state index in [1.807, 2.05) is 0 Å². The fourth-order valence-electron chi connectivity index (χ4n) is 4.64. The van der Waals surface area contributed by atoms with E-state index in [0.29, 0.717) is 17.1 Å². The maximum atomic E-state index is 13.4. The molecular formula is C29H20F6N6O2.